The van der Waals surface area contributed by atoms with Gasteiger partial charge in [-0.05, 0) is 117 Å². The van der Waals surface area contributed by atoms with Crippen LogP contribution in [0.25, 0.3) is 0 Å². The fourth-order valence-electron chi connectivity index (χ4n) is 5.68. The second-order valence-electron chi connectivity index (χ2n) is 13.7. The molecule has 7 nitrogen and oxygen atoms in total. The van der Waals surface area contributed by atoms with Gasteiger partial charge < -0.3 is 19.1 Å². The highest BCUT2D eigenvalue weighted by atomic mass is 16.5. The summed E-state index contributed by atoms with van der Waals surface area (Å²) in [6.45, 7) is 0.916. The lowest BCUT2D eigenvalue weighted by Crippen LogP contribution is -2.20. The number of hydrogen-bond acceptors (Lipinski definition) is 7. The molecule has 0 spiro atoms. The Morgan fingerprint density at radius 3 is 1.22 bits per heavy atom. The van der Waals surface area contributed by atoms with Crippen LogP contribution in [0.2, 0.25) is 0 Å². The first kappa shape index (κ1) is 47.3. The van der Waals surface area contributed by atoms with Crippen LogP contribution in [0.4, 0.5) is 0 Å². The van der Waals surface area contributed by atoms with Crippen molar-refractivity contribution in [1.82, 2.24) is 4.90 Å². The Kier molecular flexibility index (Phi) is 35.6. The Morgan fingerprint density at radius 1 is 0.460 bits per heavy atom. The second kappa shape index (κ2) is 37.6. The predicted molar refractivity (Wildman–Crippen MR) is 209 cm³/mol. The van der Waals surface area contributed by atoms with E-state index in [1.165, 1.54) is 78.4 Å². The zero-order valence-electron chi connectivity index (χ0n) is 32.7. The van der Waals surface area contributed by atoms with Crippen molar-refractivity contribution < 1.29 is 28.6 Å². The normalized spacial score (nSPS) is 12.0. The topological polar surface area (TPSA) is 82.1 Å². The molecule has 0 saturated carbocycles. The average molecular weight is 702 g/mol. The smallest absolute Gasteiger partial charge is 0.306 e. The first-order chi connectivity index (χ1) is 24.4. The molecule has 0 rings (SSSR count). The zero-order valence-corrected chi connectivity index (χ0v) is 32.7. The minimum atomic E-state index is -0.133. The minimum Gasteiger partial charge on any atom is -0.469 e. The Balaban J connectivity index is 4.03. The molecule has 0 heterocycles. The molecule has 0 aliphatic rings. The van der Waals surface area contributed by atoms with E-state index < -0.39 is 0 Å². The Hall–Kier alpha value is -2.67. The number of carbonyl (C=O) groups is 3. The lowest BCUT2D eigenvalue weighted by molar-refractivity contribution is -0.150. The van der Waals surface area contributed by atoms with Crippen LogP contribution in [0.15, 0.2) is 48.6 Å². The van der Waals surface area contributed by atoms with E-state index in [0.29, 0.717) is 19.3 Å². The van der Waals surface area contributed by atoms with E-state index in [1.807, 2.05) is 14.1 Å². The SMILES string of the molecule is COC(=O)CCC/C=C\C/C=C\CCCCCCCCC(CCCCCCCC/C=C\C/C=C\CCCC(=O)OC)OC(=O)CCCN(C)C. The van der Waals surface area contributed by atoms with Crippen LogP contribution in [0.3, 0.4) is 0 Å². The highest BCUT2D eigenvalue weighted by Crippen LogP contribution is 2.18. The van der Waals surface area contributed by atoms with Crippen LogP contribution in [0, 0.1) is 0 Å². The maximum atomic E-state index is 12.5. The molecule has 0 aliphatic carbocycles. The standard InChI is InChI=1S/C43H75NO6/c1-44(2)39-33-38-43(47)50-40(34-29-25-21-17-13-9-5-7-11-15-19-23-27-31-36-41(45)48-3)35-30-26-22-18-14-10-6-8-12-16-20-24-28-32-37-42(46)49-4/h7-8,11-12,19-20,23-24,40H,5-6,9-10,13-18,21-22,25-39H2,1-4H3/b11-7-,12-8-,23-19-,24-20-. The number of methoxy groups -OCH3 is 2. The van der Waals surface area contributed by atoms with Crippen LogP contribution in [0.5, 0.6) is 0 Å². The lowest BCUT2D eigenvalue weighted by atomic mass is 10.0. The van der Waals surface area contributed by atoms with E-state index >= 15 is 0 Å². The molecule has 0 radical (unpaired) electrons. The van der Waals surface area contributed by atoms with Gasteiger partial charge in [-0.25, -0.2) is 0 Å². The maximum absolute atomic E-state index is 12.5. The minimum absolute atomic E-state index is 0.0268. The van der Waals surface area contributed by atoms with Crippen LogP contribution in [-0.4, -0.2) is 63.8 Å². The molecule has 0 aromatic heterocycles. The molecule has 0 N–H and O–H groups in total. The van der Waals surface area contributed by atoms with E-state index in [9.17, 15) is 14.4 Å². The van der Waals surface area contributed by atoms with Gasteiger partial charge in [0.15, 0.2) is 0 Å². The quantitative estimate of drug-likeness (QED) is 0.0281. The van der Waals surface area contributed by atoms with Crippen molar-refractivity contribution in [1.29, 1.82) is 0 Å². The van der Waals surface area contributed by atoms with Gasteiger partial charge in [-0.2, -0.15) is 0 Å². The molecule has 0 unspecified atom stereocenters. The van der Waals surface area contributed by atoms with E-state index in [1.54, 1.807) is 0 Å². The number of rotatable bonds is 35. The summed E-state index contributed by atoms with van der Waals surface area (Å²) in [4.78, 5) is 36.8. The number of ether oxygens (including phenoxy) is 3. The molecule has 0 amide bonds. The van der Waals surface area contributed by atoms with Crippen molar-refractivity contribution in [3.63, 3.8) is 0 Å². The first-order valence-electron chi connectivity index (χ1n) is 20.0. The summed E-state index contributed by atoms with van der Waals surface area (Å²) in [6, 6.07) is 0. The molecular formula is C43H75NO6. The summed E-state index contributed by atoms with van der Waals surface area (Å²) < 4.78 is 15.3. The molecular weight excluding hydrogens is 626 g/mol. The summed E-state index contributed by atoms with van der Waals surface area (Å²) in [7, 11) is 6.95. The van der Waals surface area contributed by atoms with Crippen molar-refractivity contribution in [2.24, 2.45) is 0 Å². The third kappa shape index (κ3) is 36.6. The van der Waals surface area contributed by atoms with Gasteiger partial charge in [-0.3, -0.25) is 14.4 Å². The average Bonchev–Trinajstić information content (AvgIpc) is 3.10. The molecule has 7 heteroatoms. The lowest BCUT2D eigenvalue weighted by Gasteiger charge is -2.18. The van der Waals surface area contributed by atoms with E-state index in [-0.39, 0.29) is 24.0 Å². The van der Waals surface area contributed by atoms with Crippen molar-refractivity contribution in [2.45, 2.75) is 173 Å². The number of hydrogen-bond donors (Lipinski definition) is 0. The molecule has 50 heavy (non-hydrogen) atoms. The summed E-state index contributed by atoms with van der Waals surface area (Å²) in [5.74, 6) is -0.292. The highest BCUT2D eigenvalue weighted by molar-refractivity contribution is 5.69. The van der Waals surface area contributed by atoms with Gasteiger partial charge in [0, 0.05) is 19.3 Å². The maximum Gasteiger partial charge on any atom is 0.306 e. The molecule has 0 bridgehead atoms. The van der Waals surface area contributed by atoms with E-state index in [4.69, 9.17) is 4.74 Å². The Labute approximate surface area is 307 Å². The van der Waals surface area contributed by atoms with Gasteiger partial charge in [0.1, 0.15) is 6.10 Å². The van der Waals surface area contributed by atoms with Crippen LogP contribution in [-0.2, 0) is 28.6 Å². The van der Waals surface area contributed by atoms with Crippen molar-refractivity contribution in [3.8, 4) is 0 Å². The van der Waals surface area contributed by atoms with Crippen molar-refractivity contribution in [2.75, 3.05) is 34.9 Å². The monoisotopic (exact) mass is 702 g/mol. The Morgan fingerprint density at radius 2 is 0.820 bits per heavy atom. The molecule has 0 atom stereocenters. The second-order valence-corrected chi connectivity index (χ2v) is 13.7. The van der Waals surface area contributed by atoms with Gasteiger partial charge in [-0.1, -0.05) is 100.0 Å². The summed E-state index contributed by atoms with van der Waals surface area (Å²) in [6.07, 6.45) is 44.6. The third-order valence-electron chi connectivity index (χ3n) is 8.75. The van der Waals surface area contributed by atoms with Gasteiger partial charge >= 0.3 is 17.9 Å². The zero-order chi connectivity index (χ0) is 36.8. The number of unbranched alkanes of at least 4 members (excludes halogenated alkanes) is 14. The summed E-state index contributed by atoms with van der Waals surface area (Å²) >= 11 is 0. The number of esters is 3. The van der Waals surface area contributed by atoms with Crippen LogP contribution >= 0.6 is 0 Å². The van der Waals surface area contributed by atoms with Crippen LogP contribution < -0.4 is 0 Å². The predicted octanol–water partition coefficient (Wildman–Crippen LogP) is 11.2. The number of carbonyl (C=O) groups excluding carboxylic acids is 3. The molecule has 0 fully saturated rings. The van der Waals surface area contributed by atoms with E-state index in [2.05, 4.69) is 63.0 Å². The van der Waals surface area contributed by atoms with Gasteiger partial charge in [0.05, 0.1) is 14.2 Å². The number of nitrogens with zero attached hydrogens (tertiary/aromatic N) is 1. The van der Waals surface area contributed by atoms with Crippen LogP contribution in [0.1, 0.15) is 167 Å². The van der Waals surface area contributed by atoms with Gasteiger partial charge in [0.2, 0.25) is 0 Å². The van der Waals surface area contributed by atoms with Gasteiger partial charge in [-0.15, -0.1) is 0 Å². The van der Waals surface area contributed by atoms with Gasteiger partial charge in [0.25, 0.3) is 0 Å². The molecule has 0 aromatic carbocycles. The number of allylic oxidation sites excluding steroid dienone is 8. The van der Waals surface area contributed by atoms with Crippen molar-refractivity contribution >= 4 is 17.9 Å². The highest BCUT2D eigenvalue weighted by Gasteiger charge is 2.14. The van der Waals surface area contributed by atoms with Crippen molar-refractivity contribution in [3.05, 3.63) is 48.6 Å². The summed E-state index contributed by atoms with van der Waals surface area (Å²) in [5, 5.41) is 0. The fraction of sp³-hybridized carbons (Fsp3) is 0.744. The molecule has 0 aliphatic heterocycles. The van der Waals surface area contributed by atoms with E-state index in [0.717, 1.165) is 90.0 Å². The fourth-order valence-corrected chi connectivity index (χ4v) is 5.68. The molecule has 0 saturated heterocycles. The Bertz CT molecular complexity index is 862. The summed E-state index contributed by atoms with van der Waals surface area (Å²) in [5.41, 5.74) is 0. The molecule has 288 valence electrons. The largest absolute Gasteiger partial charge is 0.469 e. The first-order valence-corrected chi connectivity index (χ1v) is 20.0. The third-order valence-corrected chi connectivity index (χ3v) is 8.75. The molecule has 0 aromatic rings.